The van der Waals surface area contributed by atoms with Crippen LogP contribution in [0.1, 0.15) is 29.8 Å². The summed E-state index contributed by atoms with van der Waals surface area (Å²) in [6.07, 6.45) is 0. The number of methoxy groups -OCH3 is 1. The third kappa shape index (κ3) is 5.74. The van der Waals surface area contributed by atoms with Crippen molar-refractivity contribution in [3.05, 3.63) is 59.7 Å². The molecular weight excluding hydrogens is 346 g/mol. The summed E-state index contributed by atoms with van der Waals surface area (Å²) in [5.41, 5.74) is 1.32. The molecule has 2 rings (SSSR count). The standard InChI is InChI=1S/C21H25NO5/c1-4-22(5-2)20(23)15-27-21(24)17-11-12-18(19(13-17)25-3)26-14-16-9-7-6-8-10-16/h6-13H,4-5,14-15H2,1-3H3. The van der Waals surface area contributed by atoms with Gasteiger partial charge in [-0.25, -0.2) is 4.79 Å². The van der Waals surface area contributed by atoms with E-state index in [4.69, 9.17) is 14.2 Å². The number of rotatable bonds is 9. The Labute approximate surface area is 159 Å². The van der Waals surface area contributed by atoms with Crippen molar-refractivity contribution in [2.75, 3.05) is 26.8 Å². The summed E-state index contributed by atoms with van der Waals surface area (Å²) < 4.78 is 16.2. The molecule has 6 heteroatoms. The summed E-state index contributed by atoms with van der Waals surface area (Å²) >= 11 is 0. The van der Waals surface area contributed by atoms with E-state index in [2.05, 4.69) is 0 Å². The first-order chi connectivity index (χ1) is 13.1. The van der Waals surface area contributed by atoms with Gasteiger partial charge in [0.15, 0.2) is 18.1 Å². The van der Waals surface area contributed by atoms with Crippen LogP contribution in [0, 0.1) is 0 Å². The van der Waals surface area contributed by atoms with Gasteiger partial charge in [-0.3, -0.25) is 4.79 Å². The van der Waals surface area contributed by atoms with Gasteiger partial charge in [-0.1, -0.05) is 30.3 Å². The Hall–Kier alpha value is -3.02. The number of ether oxygens (including phenoxy) is 3. The van der Waals surface area contributed by atoms with Crippen molar-refractivity contribution < 1.29 is 23.8 Å². The fourth-order valence-corrected chi connectivity index (χ4v) is 2.53. The number of hydrogen-bond donors (Lipinski definition) is 0. The lowest BCUT2D eigenvalue weighted by Gasteiger charge is -2.18. The van der Waals surface area contributed by atoms with Crippen molar-refractivity contribution in [3.63, 3.8) is 0 Å². The van der Waals surface area contributed by atoms with E-state index in [1.807, 2.05) is 44.2 Å². The molecule has 0 aliphatic rings. The van der Waals surface area contributed by atoms with Crippen molar-refractivity contribution in [2.24, 2.45) is 0 Å². The number of benzene rings is 2. The van der Waals surface area contributed by atoms with Crippen LogP contribution < -0.4 is 9.47 Å². The number of nitrogens with zero attached hydrogens (tertiary/aromatic N) is 1. The molecule has 0 aromatic heterocycles. The van der Waals surface area contributed by atoms with E-state index >= 15 is 0 Å². The molecule has 0 aliphatic heterocycles. The first-order valence-corrected chi connectivity index (χ1v) is 8.88. The maximum Gasteiger partial charge on any atom is 0.338 e. The predicted octanol–water partition coefficient (Wildman–Crippen LogP) is 3.30. The van der Waals surface area contributed by atoms with Gasteiger partial charge in [-0.05, 0) is 37.6 Å². The minimum Gasteiger partial charge on any atom is -0.493 e. The average molecular weight is 371 g/mol. The Morgan fingerprint density at radius 2 is 1.67 bits per heavy atom. The summed E-state index contributed by atoms with van der Waals surface area (Å²) in [5.74, 6) is 0.152. The third-order valence-electron chi connectivity index (χ3n) is 4.08. The molecule has 0 spiro atoms. The van der Waals surface area contributed by atoms with Crippen molar-refractivity contribution in [1.82, 2.24) is 4.90 Å². The molecule has 0 aliphatic carbocycles. The number of esters is 1. The van der Waals surface area contributed by atoms with Gasteiger partial charge in [-0.2, -0.15) is 0 Å². The Morgan fingerprint density at radius 1 is 0.963 bits per heavy atom. The number of likely N-dealkylation sites (N-methyl/N-ethyl adjacent to an activating group) is 1. The van der Waals surface area contributed by atoms with E-state index in [0.29, 0.717) is 36.8 Å². The molecule has 144 valence electrons. The molecule has 2 aromatic carbocycles. The number of hydrogen-bond acceptors (Lipinski definition) is 5. The number of carbonyl (C=O) groups excluding carboxylic acids is 2. The summed E-state index contributed by atoms with van der Waals surface area (Å²) in [6, 6.07) is 14.5. The van der Waals surface area contributed by atoms with Gasteiger partial charge in [0.1, 0.15) is 6.61 Å². The highest BCUT2D eigenvalue weighted by molar-refractivity contribution is 5.92. The zero-order chi connectivity index (χ0) is 19.6. The van der Waals surface area contributed by atoms with Crippen LogP contribution >= 0.6 is 0 Å². The second-order valence-electron chi connectivity index (χ2n) is 5.78. The van der Waals surface area contributed by atoms with Crippen molar-refractivity contribution in [2.45, 2.75) is 20.5 Å². The van der Waals surface area contributed by atoms with Gasteiger partial charge >= 0.3 is 5.97 Å². The first-order valence-electron chi connectivity index (χ1n) is 8.88. The second kappa shape index (κ2) is 10.2. The van der Waals surface area contributed by atoms with Crippen molar-refractivity contribution in [1.29, 1.82) is 0 Å². The Morgan fingerprint density at radius 3 is 2.30 bits per heavy atom. The molecule has 0 radical (unpaired) electrons. The first kappa shape index (κ1) is 20.3. The topological polar surface area (TPSA) is 65.1 Å². The highest BCUT2D eigenvalue weighted by Crippen LogP contribution is 2.29. The molecule has 0 fully saturated rings. The molecule has 0 unspecified atom stereocenters. The summed E-state index contributed by atoms with van der Waals surface area (Å²) in [5, 5.41) is 0. The average Bonchev–Trinajstić information content (AvgIpc) is 2.72. The lowest BCUT2D eigenvalue weighted by molar-refractivity contribution is -0.134. The van der Waals surface area contributed by atoms with Crippen LogP contribution in [0.3, 0.4) is 0 Å². The van der Waals surface area contributed by atoms with Crippen LogP contribution in [0.5, 0.6) is 11.5 Å². The Kier molecular flexibility index (Phi) is 7.67. The van der Waals surface area contributed by atoms with Crippen LogP contribution in [-0.2, 0) is 16.1 Å². The fraction of sp³-hybridized carbons (Fsp3) is 0.333. The van der Waals surface area contributed by atoms with E-state index in [0.717, 1.165) is 5.56 Å². The van der Waals surface area contributed by atoms with Crippen LogP contribution in [0.2, 0.25) is 0 Å². The lowest BCUT2D eigenvalue weighted by atomic mass is 10.2. The molecule has 27 heavy (non-hydrogen) atoms. The van der Waals surface area contributed by atoms with Crippen LogP contribution in [0.4, 0.5) is 0 Å². The maximum atomic E-state index is 12.2. The SMILES string of the molecule is CCN(CC)C(=O)COC(=O)c1ccc(OCc2ccccc2)c(OC)c1. The summed E-state index contributed by atoms with van der Waals surface area (Å²) in [6.45, 7) is 5.02. The van der Waals surface area contributed by atoms with Crippen molar-refractivity contribution in [3.8, 4) is 11.5 Å². The third-order valence-corrected chi connectivity index (χ3v) is 4.08. The van der Waals surface area contributed by atoms with Gasteiger partial charge in [0.25, 0.3) is 5.91 Å². The largest absolute Gasteiger partial charge is 0.493 e. The van der Waals surface area contributed by atoms with Gasteiger partial charge in [0, 0.05) is 13.1 Å². The van der Waals surface area contributed by atoms with E-state index in [9.17, 15) is 9.59 Å². The molecule has 0 saturated heterocycles. The molecule has 0 saturated carbocycles. The van der Waals surface area contributed by atoms with Gasteiger partial charge < -0.3 is 19.1 Å². The molecule has 6 nitrogen and oxygen atoms in total. The van der Waals surface area contributed by atoms with E-state index < -0.39 is 5.97 Å². The minimum atomic E-state index is -0.580. The smallest absolute Gasteiger partial charge is 0.338 e. The highest BCUT2D eigenvalue weighted by atomic mass is 16.5. The van der Waals surface area contributed by atoms with Gasteiger partial charge in [-0.15, -0.1) is 0 Å². The lowest BCUT2D eigenvalue weighted by Crippen LogP contribution is -2.34. The van der Waals surface area contributed by atoms with Crippen LogP contribution in [0.25, 0.3) is 0 Å². The molecule has 1 amide bonds. The quantitative estimate of drug-likeness (QED) is 0.633. The summed E-state index contributed by atoms with van der Waals surface area (Å²) in [7, 11) is 1.50. The fourth-order valence-electron chi connectivity index (χ4n) is 2.53. The molecule has 0 atom stereocenters. The van der Waals surface area contributed by atoms with E-state index in [1.54, 1.807) is 23.1 Å². The predicted molar refractivity (Wildman–Crippen MR) is 102 cm³/mol. The second-order valence-corrected chi connectivity index (χ2v) is 5.78. The molecule has 2 aromatic rings. The van der Waals surface area contributed by atoms with Crippen LogP contribution in [0.15, 0.2) is 48.5 Å². The van der Waals surface area contributed by atoms with E-state index in [1.165, 1.54) is 7.11 Å². The molecule has 0 heterocycles. The molecule has 0 bridgehead atoms. The van der Waals surface area contributed by atoms with Crippen molar-refractivity contribution >= 4 is 11.9 Å². The van der Waals surface area contributed by atoms with Gasteiger partial charge in [0.05, 0.1) is 12.7 Å². The zero-order valence-corrected chi connectivity index (χ0v) is 15.9. The van der Waals surface area contributed by atoms with E-state index in [-0.39, 0.29) is 12.5 Å². The van der Waals surface area contributed by atoms with Gasteiger partial charge in [0.2, 0.25) is 0 Å². The maximum absolute atomic E-state index is 12.2. The number of carbonyl (C=O) groups is 2. The highest BCUT2D eigenvalue weighted by Gasteiger charge is 2.16. The monoisotopic (exact) mass is 371 g/mol. The molecular formula is C21H25NO5. The number of amides is 1. The molecule has 0 N–H and O–H groups in total. The minimum absolute atomic E-state index is 0.219. The summed E-state index contributed by atoms with van der Waals surface area (Å²) in [4.78, 5) is 25.8. The van der Waals surface area contributed by atoms with Crippen LogP contribution in [-0.4, -0.2) is 43.6 Å². The Bertz CT molecular complexity index is 756. The zero-order valence-electron chi connectivity index (χ0n) is 15.9. The Balaban J connectivity index is 1.99. The normalized spacial score (nSPS) is 10.2.